The van der Waals surface area contributed by atoms with Gasteiger partial charge < -0.3 is 19.6 Å². The van der Waals surface area contributed by atoms with Gasteiger partial charge in [0, 0.05) is 30.5 Å². The Hall–Kier alpha value is -3.94. The van der Waals surface area contributed by atoms with E-state index in [-0.39, 0.29) is 30.1 Å². The van der Waals surface area contributed by atoms with Gasteiger partial charge in [-0.15, -0.1) is 0 Å². The van der Waals surface area contributed by atoms with Crippen molar-refractivity contribution in [2.75, 3.05) is 7.11 Å². The Morgan fingerprint density at radius 2 is 1.97 bits per heavy atom. The van der Waals surface area contributed by atoms with Crippen LogP contribution in [0.1, 0.15) is 17.9 Å². The number of ether oxygens (including phenoxy) is 1. The normalized spacial score (nSPS) is 10.8. The number of fused-ring (bicyclic) bond motifs is 1. The third-order valence-electron chi connectivity index (χ3n) is 4.70. The van der Waals surface area contributed by atoms with Gasteiger partial charge in [0.1, 0.15) is 5.75 Å². The van der Waals surface area contributed by atoms with Crippen LogP contribution in [0, 0.1) is 0 Å². The molecule has 2 heterocycles. The number of para-hydroxylation sites is 2. The van der Waals surface area contributed by atoms with E-state index >= 15 is 0 Å². The van der Waals surface area contributed by atoms with E-state index < -0.39 is 0 Å². The first-order chi connectivity index (χ1) is 14.6. The number of aromatic amines is 1. The Morgan fingerprint density at radius 1 is 1.17 bits per heavy atom. The van der Waals surface area contributed by atoms with Crippen molar-refractivity contribution in [1.82, 2.24) is 20.4 Å². The highest BCUT2D eigenvalue weighted by Crippen LogP contribution is 2.18. The van der Waals surface area contributed by atoms with Gasteiger partial charge in [-0.1, -0.05) is 41.6 Å². The van der Waals surface area contributed by atoms with Crippen LogP contribution in [-0.2, 0) is 17.8 Å². The minimum atomic E-state index is -0.296. The van der Waals surface area contributed by atoms with Crippen molar-refractivity contribution in [1.29, 1.82) is 0 Å². The fourth-order valence-electron chi connectivity index (χ4n) is 3.13. The van der Waals surface area contributed by atoms with Gasteiger partial charge in [-0.05, 0) is 23.6 Å². The SMILES string of the molecule is COc1ccccc1CNC(=O)CCc1nc(-c2cc3ccccc3[nH]c2=O)no1. The molecule has 4 rings (SSSR count). The molecule has 2 aromatic heterocycles. The van der Waals surface area contributed by atoms with Crippen LogP contribution < -0.4 is 15.6 Å². The Labute approximate surface area is 171 Å². The lowest BCUT2D eigenvalue weighted by molar-refractivity contribution is -0.121. The maximum atomic E-state index is 12.3. The number of benzene rings is 2. The van der Waals surface area contributed by atoms with Gasteiger partial charge in [0.25, 0.3) is 5.56 Å². The number of aryl methyl sites for hydroxylation is 1. The first-order valence-electron chi connectivity index (χ1n) is 9.47. The highest BCUT2D eigenvalue weighted by Gasteiger charge is 2.14. The summed E-state index contributed by atoms with van der Waals surface area (Å²) in [6, 6.07) is 16.7. The molecule has 8 nitrogen and oxygen atoms in total. The van der Waals surface area contributed by atoms with Crippen molar-refractivity contribution < 1.29 is 14.1 Å². The monoisotopic (exact) mass is 404 g/mol. The standard InChI is InChI=1S/C22H20N4O4/c1-29-18-9-5-3-7-15(18)13-23-19(27)10-11-20-25-21(26-30-20)16-12-14-6-2-4-8-17(14)24-22(16)28/h2-9,12H,10-11,13H2,1H3,(H,23,27)(H,24,28). The number of carbonyl (C=O) groups is 1. The van der Waals surface area contributed by atoms with Gasteiger partial charge in [0.2, 0.25) is 17.6 Å². The number of carbonyl (C=O) groups excluding carboxylic acids is 1. The summed E-state index contributed by atoms with van der Waals surface area (Å²) in [5, 5.41) is 7.61. The largest absolute Gasteiger partial charge is 0.496 e. The molecule has 2 aromatic carbocycles. The molecule has 1 amide bonds. The fourth-order valence-corrected chi connectivity index (χ4v) is 3.13. The van der Waals surface area contributed by atoms with Crippen LogP contribution in [-0.4, -0.2) is 28.1 Å². The maximum Gasteiger partial charge on any atom is 0.259 e. The molecule has 4 aromatic rings. The number of nitrogens with zero attached hydrogens (tertiary/aromatic N) is 2. The zero-order chi connectivity index (χ0) is 20.9. The number of nitrogens with one attached hydrogen (secondary N) is 2. The number of rotatable bonds is 7. The van der Waals surface area contributed by atoms with E-state index in [1.165, 1.54) is 0 Å². The molecule has 30 heavy (non-hydrogen) atoms. The summed E-state index contributed by atoms with van der Waals surface area (Å²) in [6.07, 6.45) is 0.459. The third kappa shape index (κ3) is 4.22. The van der Waals surface area contributed by atoms with Crippen LogP contribution in [0.25, 0.3) is 22.3 Å². The molecule has 0 spiro atoms. The number of H-pyrrole nitrogens is 1. The Kier molecular flexibility index (Phi) is 5.56. The Balaban J connectivity index is 1.38. The van der Waals surface area contributed by atoms with E-state index in [1.54, 1.807) is 13.2 Å². The first-order valence-corrected chi connectivity index (χ1v) is 9.47. The summed E-state index contributed by atoms with van der Waals surface area (Å²) in [7, 11) is 1.59. The van der Waals surface area contributed by atoms with Crippen molar-refractivity contribution in [2.45, 2.75) is 19.4 Å². The summed E-state index contributed by atoms with van der Waals surface area (Å²) in [4.78, 5) is 31.6. The second-order valence-electron chi connectivity index (χ2n) is 6.70. The summed E-state index contributed by atoms with van der Waals surface area (Å²) in [5.74, 6) is 1.07. The molecule has 0 aliphatic rings. The van der Waals surface area contributed by atoms with E-state index in [0.29, 0.717) is 18.0 Å². The van der Waals surface area contributed by atoms with Crippen LogP contribution in [0.3, 0.4) is 0 Å². The van der Waals surface area contributed by atoms with E-state index in [4.69, 9.17) is 9.26 Å². The lowest BCUT2D eigenvalue weighted by Crippen LogP contribution is -2.23. The number of hydrogen-bond acceptors (Lipinski definition) is 6. The summed E-state index contributed by atoms with van der Waals surface area (Å²) < 4.78 is 10.5. The van der Waals surface area contributed by atoms with Gasteiger partial charge in [-0.3, -0.25) is 9.59 Å². The Bertz CT molecular complexity index is 1250. The lowest BCUT2D eigenvalue weighted by atomic mass is 10.1. The number of aromatic nitrogens is 3. The van der Waals surface area contributed by atoms with E-state index in [1.807, 2.05) is 48.5 Å². The molecular formula is C22H20N4O4. The van der Waals surface area contributed by atoms with E-state index in [9.17, 15) is 9.59 Å². The molecule has 8 heteroatoms. The fraction of sp³-hybridized carbons (Fsp3) is 0.182. The number of hydrogen-bond donors (Lipinski definition) is 2. The molecular weight excluding hydrogens is 384 g/mol. The van der Waals surface area contributed by atoms with Crippen LogP contribution >= 0.6 is 0 Å². The number of amides is 1. The molecule has 152 valence electrons. The van der Waals surface area contributed by atoms with Crippen molar-refractivity contribution in [2.24, 2.45) is 0 Å². The molecule has 2 N–H and O–H groups in total. The van der Waals surface area contributed by atoms with Crippen molar-refractivity contribution in [3.8, 4) is 17.1 Å². The third-order valence-corrected chi connectivity index (χ3v) is 4.70. The van der Waals surface area contributed by atoms with Gasteiger partial charge in [-0.2, -0.15) is 4.98 Å². The average molecular weight is 404 g/mol. The first kappa shape index (κ1) is 19.4. The lowest BCUT2D eigenvalue weighted by Gasteiger charge is -2.09. The van der Waals surface area contributed by atoms with Crippen molar-refractivity contribution in [3.63, 3.8) is 0 Å². The molecule has 0 radical (unpaired) electrons. The van der Waals surface area contributed by atoms with Crippen LogP contribution in [0.2, 0.25) is 0 Å². The molecule has 0 aliphatic heterocycles. The molecule has 0 unspecified atom stereocenters. The molecule has 0 aliphatic carbocycles. The summed E-state index contributed by atoms with van der Waals surface area (Å²) in [5.41, 5.74) is 1.66. The molecule has 0 saturated carbocycles. The highest BCUT2D eigenvalue weighted by atomic mass is 16.5. The predicted octanol–water partition coefficient (Wildman–Crippen LogP) is 2.84. The highest BCUT2D eigenvalue weighted by molar-refractivity contribution is 5.82. The van der Waals surface area contributed by atoms with Crippen LogP contribution in [0.5, 0.6) is 5.75 Å². The topological polar surface area (TPSA) is 110 Å². The van der Waals surface area contributed by atoms with Crippen LogP contribution in [0.15, 0.2) is 63.9 Å². The van der Waals surface area contributed by atoms with Gasteiger partial charge >= 0.3 is 0 Å². The zero-order valence-corrected chi connectivity index (χ0v) is 16.3. The second kappa shape index (κ2) is 8.60. The maximum absolute atomic E-state index is 12.3. The van der Waals surface area contributed by atoms with Crippen LogP contribution in [0.4, 0.5) is 0 Å². The van der Waals surface area contributed by atoms with E-state index in [2.05, 4.69) is 20.4 Å². The molecule has 0 atom stereocenters. The number of methoxy groups -OCH3 is 1. The van der Waals surface area contributed by atoms with Crippen molar-refractivity contribution in [3.05, 3.63) is 76.4 Å². The molecule has 0 saturated heterocycles. The summed E-state index contributed by atoms with van der Waals surface area (Å²) >= 11 is 0. The molecule has 0 bridgehead atoms. The predicted molar refractivity (Wildman–Crippen MR) is 111 cm³/mol. The Morgan fingerprint density at radius 3 is 2.83 bits per heavy atom. The number of pyridine rings is 1. The van der Waals surface area contributed by atoms with Gasteiger partial charge in [-0.25, -0.2) is 0 Å². The average Bonchev–Trinajstić information content (AvgIpc) is 3.24. The van der Waals surface area contributed by atoms with Gasteiger partial charge in [0.15, 0.2) is 0 Å². The van der Waals surface area contributed by atoms with Gasteiger partial charge in [0.05, 0.1) is 12.7 Å². The van der Waals surface area contributed by atoms with E-state index in [0.717, 1.165) is 22.2 Å². The van der Waals surface area contributed by atoms with Crippen molar-refractivity contribution >= 4 is 16.8 Å². The zero-order valence-electron chi connectivity index (χ0n) is 16.3. The molecule has 0 fully saturated rings. The quantitative estimate of drug-likeness (QED) is 0.490. The minimum Gasteiger partial charge on any atom is -0.496 e. The minimum absolute atomic E-state index is 0.149. The smallest absolute Gasteiger partial charge is 0.259 e. The summed E-state index contributed by atoms with van der Waals surface area (Å²) in [6.45, 7) is 0.365. The second-order valence-corrected chi connectivity index (χ2v) is 6.70.